The van der Waals surface area contributed by atoms with Crippen molar-refractivity contribution < 1.29 is 23.5 Å². The number of rotatable bonds is 5. The minimum atomic E-state index is -2.78. The van der Waals surface area contributed by atoms with E-state index in [4.69, 9.17) is 30.5 Å². The summed E-state index contributed by atoms with van der Waals surface area (Å²) in [4.78, 5) is 10.3. The Hall–Kier alpha value is -0.420. The van der Waals surface area contributed by atoms with Crippen LogP contribution in [-0.2, 0) is 30.2 Å². The summed E-state index contributed by atoms with van der Waals surface area (Å²) in [5.74, 6) is -1.08. The van der Waals surface area contributed by atoms with Crippen LogP contribution in [0.15, 0.2) is 11.8 Å². The number of hydrogen-bond acceptors (Lipinski definition) is 5. The second-order valence-corrected chi connectivity index (χ2v) is 5.20. The van der Waals surface area contributed by atoms with Crippen LogP contribution >= 0.6 is 6.72 Å². The molecule has 76 valence electrons. The predicted octanol–water partition coefficient (Wildman–Crippen LogP) is 1.51. The highest BCUT2D eigenvalue weighted by atomic mass is 32.5. The highest BCUT2D eigenvalue weighted by molar-refractivity contribution is 8.07. The summed E-state index contributed by atoms with van der Waals surface area (Å²) in [5, 5.41) is 8.47. The molecule has 0 bridgehead atoms. The Kier molecular flexibility index (Phi) is 5.17. The van der Waals surface area contributed by atoms with Gasteiger partial charge in [0.2, 0.25) is 0 Å². The molecule has 1 N–H and O–H groups in total. The van der Waals surface area contributed by atoms with Crippen LogP contribution in [0.5, 0.6) is 0 Å². The van der Waals surface area contributed by atoms with Crippen LogP contribution in [0, 0.1) is 0 Å². The third-order valence-corrected chi connectivity index (χ3v) is 3.55. The van der Waals surface area contributed by atoms with Crippen LogP contribution in [-0.4, -0.2) is 25.3 Å². The smallest absolute Gasteiger partial charge is 0.379 e. The Bertz CT molecular complexity index is 254. The van der Waals surface area contributed by atoms with Gasteiger partial charge in [0.1, 0.15) is 6.26 Å². The lowest BCUT2D eigenvalue weighted by Crippen LogP contribution is -1.97. The Morgan fingerprint density at radius 3 is 2.23 bits per heavy atom. The first-order chi connectivity index (χ1) is 5.95. The van der Waals surface area contributed by atoms with Crippen LogP contribution in [0.25, 0.3) is 0 Å². The van der Waals surface area contributed by atoms with E-state index in [0.29, 0.717) is 0 Å². The quantitative estimate of drug-likeness (QED) is 0.435. The van der Waals surface area contributed by atoms with E-state index in [-0.39, 0.29) is 5.57 Å². The van der Waals surface area contributed by atoms with Gasteiger partial charge in [-0.3, -0.25) is 0 Å². The topological polar surface area (TPSA) is 65.0 Å². The van der Waals surface area contributed by atoms with E-state index in [2.05, 4.69) is 0 Å². The average Bonchev–Trinajstić information content (AvgIpc) is 2.13. The molecule has 0 heterocycles. The Morgan fingerprint density at radius 2 is 1.92 bits per heavy atom. The molecule has 0 spiro atoms. The fraction of sp³-hybridized carbons (Fsp3) is 0.500. The van der Waals surface area contributed by atoms with Crippen molar-refractivity contribution in [3.05, 3.63) is 11.8 Å². The molecule has 0 unspecified atom stereocenters. The van der Waals surface area contributed by atoms with Crippen molar-refractivity contribution >= 4 is 24.5 Å². The summed E-state index contributed by atoms with van der Waals surface area (Å²) in [5.41, 5.74) is 0.0309. The fourth-order valence-electron chi connectivity index (χ4n) is 0.355. The minimum Gasteiger partial charge on any atom is -0.478 e. The van der Waals surface area contributed by atoms with Gasteiger partial charge in [0, 0.05) is 26.0 Å². The largest absolute Gasteiger partial charge is 0.478 e. The average molecular weight is 226 g/mol. The summed E-state index contributed by atoms with van der Waals surface area (Å²) in [6, 6.07) is 0. The van der Waals surface area contributed by atoms with E-state index in [0.717, 1.165) is 6.26 Å². The van der Waals surface area contributed by atoms with Crippen molar-refractivity contribution in [3.63, 3.8) is 0 Å². The highest BCUT2D eigenvalue weighted by Gasteiger charge is 2.16. The molecule has 0 rings (SSSR count). The van der Waals surface area contributed by atoms with Gasteiger partial charge in [0.25, 0.3) is 0 Å². The molecule has 0 aliphatic carbocycles. The zero-order valence-electron chi connectivity index (χ0n) is 7.51. The Balaban J connectivity index is 4.37. The molecule has 0 atom stereocenters. The molecule has 0 aromatic heterocycles. The van der Waals surface area contributed by atoms with Crippen molar-refractivity contribution in [2.45, 2.75) is 6.92 Å². The minimum absolute atomic E-state index is 0.0309. The molecule has 7 heteroatoms. The molecule has 0 saturated heterocycles. The van der Waals surface area contributed by atoms with Crippen LogP contribution in [0.1, 0.15) is 6.92 Å². The molecule has 0 radical (unpaired) electrons. The number of carboxylic acid groups (broad SMARTS) is 1. The van der Waals surface area contributed by atoms with E-state index >= 15 is 0 Å². The molecule has 0 aromatic carbocycles. The normalized spacial score (nSPS) is 12.7. The van der Waals surface area contributed by atoms with Crippen molar-refractivity contribution in [1.29, 1.82) is 0 Å². The molecule has 0 aliphatic rings. The molecular formula is C6H11O5PS. The van der Waals surface area contributed by atoms with Gasteiger partial charge in [0.05, 0.1) is 5.57 Å². The Labute approximate surface area is 81.6 Å². The van der Waals surface area contributed by atoms with Gasteiger partial charge in [-0.25, -0.2) is 4.79 Å². The van der Waals surface area contributed by atoms with Crippen LogP contribution < -0.4 is 0 Å². The van der Waals surface area contributed by atoms with Crippen LogP contribution in [0.2, 0.25) is 0 Å². The lowest BCUT2D eigenvalue weighted by molar-refractivity contribution is -0.132. The molecule has 0 amide bonds. The summed E-state index contributed by atoms with van der Waals surface area (Å²) in [6.45, 7) is -1.40. The van der Waals surface area contributed by atoms with Gasteiger partial charge in [-0.1, -0.05) is 0 Å². The number of aliphatic carboxylic acids is 1. The Morgan fingerprint density at radius 1 is 1.46 bits per heavy atom. The second kappa shape index (κ2) is 5.34. The molecule has 0 fully saturated rings. The van der Waals surface area contributed by atoms with Crippen molar-refractivity contribution in [1.82, 2.24) is 0 Å². The number of hydrogen-bond donors (Lipinski definition) is 1. The van der Waals surface area contributed by atoms with Crippen molar-refractivity contribution in [3.8, 4) is 0 Å². The second-order valence-electron chi connectivity index (χ2n) is 2.02. The number of carbonyl (C=O) groups is 1. The zero-order chi connectivity index (χ0) is 10.5. The van der Waals surface area contributed by atoms with E-state index in [1.807, 2.05) is 0 Å². The highest BCUT2D eigenvalue weighted by Crippen LogP contribution is 2.48. The molecule has 0 saturated carbocycles. The van der Waals surface area contributed by atoms with Crippen molar-refractivity contribution in [2.24, 2.45) is 0 Å². The maximum Gasteiger partial charge on any atom is 0.379 e. The lowest BCUT2D eigenvalue weighted by atomic mass is 10.4. The summed E-state index contributed by atoms with van der Waals surface area (Å²) >= 11 is 4.82. The summed E-state index contributed by atoms with van der Waals surface area (Å²) in [6.07, 6.45) is 1.02. The van der Waals surface area contributed by atoms with Gasteiger partial charge < -0.3 is 18.7 Å². The monoisotopic (exact) mass is 226 g/mol. The summed E-state index contributed by atoms with van der Waals surface area (Å²) < 4.78 is 14.4. The van der Waals surface area contributed by atoms with Gasteiger partial charge in [-0.2, -0.15) is 0 Å². The standard InChI is InChI=1S/C6H11O5PS/c1-5(6(7)8)4-11-12(13,9-2)10-3/h4H,1-3H3,(H,7,8). The molecular weight excluding hydrogens is 215 g/mol. The first-order valence-electron chi connectivity index (χ1n) is 3.25. The predicted molar refractivity (Wildman–Crippen MR) is 50.8 cm³/mol. The zero-order valence-corrected chi connectivity index (χ0v) is 9.22. The maximum atomic E-state index is 10.3. The van der Waals surface area contributed by atoms with Crippen LogP contribution in [0.4, 0.5) is 0 Å². The molecule has 0 aliphatic heterocycles. The maximum absolute atomic E-state index is 10.3. The third kappa shape index (κ3) is 4.38. The lowest BCUT2D eigenvalue weighted by Gasteiger charge is -2.15. The molecule has 5 nitrogen and oxygen atoms in total. The van der Waals surface area contributed by atoms with Gasteiger partial charge in [-0.05, 0) is 6.92 Å². The van der Waals surface area contributed by atoms with Gasteiger partial charge >= 0.3 is 12.7 Å². The van der Waals surface area contributed by atoms with Gasteiger partial charge in [-0.15, -0.1) is 0 Å². The van der Waals surface area contributed by atoms with E-state index in [1.165, 1.54) is 21.1 Å². The number of carboxylic acids is 1. The van der Waals surface area contributed by atoms with Gasteiger partial charge in [0.15, 0.2) is 0 Å². The van der Waals surface area contributed by atoms with Crippen LogP contribution in [0.3, 0.4) is 0 Å². The first-order valence-corrected chi connectivity index (χ1v) is 5.80. The van der Waals surface area contributed by atoms with Crippen molar-refractivity contribution in [2.75, 3.05) is 14.2 Å². The fourth-order valence-corrected chi connectivity index (χ4v) is 1.09. The van der Waals surface area contributed by atoms with E-state index < -0.39 is 12.7 Å². The first kappa shape index (κ1) is 12.6. The van der Waals surface area contributed by atoms with E-state index in [1.54, 1.807) is 0 Å². The third-order valence-electron chi connectivity index (χ3n) is 1.14. The van der Waals surface area contributed by atoms with E-state index in [9.17, 15) is 4.79 Å². The summed E-state index contributed by atoms with van der Waals surface area (Å²) in [7, 11) is 2.68. The SMILES string of the molecule is COP(=S)(OC)OC=C(C)C(=O)O. The molecule has 13 heavy (non-hydrogen) atoms. The molecule has 0 aromatic rings.